The lowest BCUT2D eigenvalue weighted by molar-refractivity contribution is -0.578. The van der Waals surface area contributed by atoms with Gasteiger partial charge in [0.05, 0.1) is 0 Å². The highest BCUT2D eigenvalue weighted by Gasteiger charge is 2.48. The summed E-state index contributed by atoms with van der Waals surface area (Å²) in [6.45, 7) is 7.91. The van der Waals surface area contributed by atoms with E-state index in [0.717, 1.165) is 13.1 Å². The van der Waals surface area contributed by atoms with E-state index in [1.807, 2.05) is 0 Å². The molecule has 0 fully saturated rings. The number of hydrogen-bond acceptors (Lipinski definition) is 18. The zero-order chi connectivity index (χ0) is 26.4. The summed E-state index contributed by atoms with van der Waals surface area (Å²) in [5.74, 6) is 0. The van der Waals surface area contributed by atoms with Crippen molar-refractivity contribution in [1.82, 2.24) is 0 Å². The molecule has 0 spiro atoms. The molecule has 12 N–H and O–H groups in total. The molecular formula is C10H32O18Si4. The lowest BCUT2D eigenvalue weighted by atomic mass is 11.0. The zero-order valence-corrected chi connectivity index (χ0v) is 22.3. The first-order chi connectivity index (χ1) is 13.7. The lowest BCUT2D eigenvalue weighted by Crippen LogP contribution is -2.56. The molecule has 0 radical (unpaired) electrons. The number of rotatable bonds is 12. The van der Waals surface area contributed by atoms with Gasteiger partial charge in [0.25, 0.3) is 0 Å². The molecule has 0 heterocycles. The SMILES string of the molecule is C[SiH](C)OC(O)(OC(O)(O)O)O[Si](C)(O)O.C[SiH](C)OC(O)(OC(O)(O)O)O[Si](C)(O)O. The summed E-state index contributed by atoms with van der Waals surface area (Å²) in [5.41, 5.74) is 0. The lowest BCUT2D eigenvalue weighted by Gasteiger charge is -2.34. The fourth-order valence-electron chi connectivity index (χ4n) is 1.57. The van der Waals surface area contributed by atoms with Crippen molar-refractivity contribution in [3.8, 4) is 0 Å². The molecule has 0 aliphatic rings. The minimum absolute atomic E-state index is 0.848. The van der Waals surface area contributed by atoms with Crippen molar-refractivity contribution in [2.45, 2.75) is 63.9 Å². The Bertz CT molecular complexity index is 454. The van der Waals surface area contributed by atoms with E-state index in [0.29, 0.717) is 0 Å². The van der Waals surface area contributed by atoms with Crippen LogP contribution in [-0.2, 0) is 27.2 Å². The minimum atomic E-state index is -4.27. The predicted molar refractivity (Wildman–Crippen MR) is 105 cm³/mol. The Morgan fingerprint density at radius 1 is 0.531 bits per heavy atom. The van der Waals surface area contributed by atoms with Crippen molar-refractivity contribution < 1.29 is 87.2 Å². The fourth-order valence-corrected chi connectivity index (χ4v) is 4.30. The van der Waals surface area contributed by atoms with E-state index in [1.54, 1.807) is 26.2 Å². The van der Waals surface area contributed by atoms with E-state index in [9.17, 15) is 10.2 Å². The predicted octanol–water partition coefficient (Wildman–Crippen LogP) is -6.47. The van der Waals surface area contributed by atoms with Gasteiger partial charge in [0.1, 0.15) is 0 Å². The van der Waals surface area contributed by atoms with E-state index in [2.05, 4.69) is 27.2 Å². The van der Waals surface area contributed by atoms with E-state index < -0.39 is 60.3 Å². The molecule has 0 saturated carbocycles. The van der Waals surface area contributed by atoms with Crippen LogP contribution in [0.4, 0.5) is 0 Å². The first kappa shape index (κ1) is 34.3. The van der Waals surface area contributed by atoms with E-state index in [4.69, 9.17) is 49.8 Å². The van der Waals surface area contributed by atoms with Gasteiger partial charge < -0.3 is 68.9 Å². The van der Waals surface area contributed by atoms with Crippen LogP contribution in [0.15, 0.2) is 0 Å². The smallest absolute Gasteiger partial charge is 0.390 e. The molecule has 196 valence electrons. The number of aliphatic hydroxyl groups is 8. The van der Waals surface area contributed by atoms with Crippen molar-refractivity contribution in [3.05, 3.63) is 0 Å². The Kier molecular flexibility index (Phi) is 13.1. The van der Waals surface area contributed by atoms with Crippen LogP contribution in [0.3, 0.4) is 0 Å². The Morgan fingerprint density at radius 3 is 0.875 bits per heavy atom. The molecule has 0 aromatic rings. The summed E-state index contributed by atoms with van der Waals surface area (Å²) in [6, 6.07) is 0. The molecule has 2 atom stereocenters. The molecule has 0 bridgehead atoms. The quantitative estimate of drug-likeness (QED) is 0.0790. The molecule has 0 aromatic heterocycles. The third-order valence-electron chi connectivity index (χ3n) is 1.95. The number of ether oxygens (including phenoxy) is 2. The summed E-state index contributed by atoms with van der Waals surface area (Å²) >= 11 is 0. The van der Waals surface area contributed by atoms with Crippen LogP contribution in [-0.4, -0.2) is 120 Å². The fraction of sp³-hybridized carbons (Fsp3) is 1.00. The second-order valence-corrected chi connectivity index (χ2v) is 15.6. The normalized spacial score (nSPS) is 17.6. The van der Waals surface area contributed by atoms with Crippen LogP contribution in [0.2, 0.25) is 39.3 Å². The van der Waals surface area contributed by atoms with E-state index in [1.165, 1.54) is 0 Å². The van der Waals surface area contributed by atoms with Gasteiger partial charge in [-0.05, 0) is 26.2 Å². The average Bonchev–Trinajstić information content (AvgIpc) is 2.23. The maximum atomic E-state index is 9.46. The van der Waals surface area contributed by atoms with Gasteiger partial charge in [-0.3, -0.25) is 8.85 Å². The highest BCUT2D eigenvalue weighted by Crippen LogP contribution is 2.22. The molecule has 0 saturated heterocycles. The summed E-state index contributed by atoms with van der Waals surface area (Å²) in [4.78, 5) is 35.9. The molecule has 0 aliphatic carbocycles. The van der Waals surface area contributed by atoms with Crippen LogP contribution in [0.5, 0.6) is 0 Å². The minimum Gasteiger partial charge on any atom is -0.390 e. The van der Waals surface area contributed by atoms with Gasteiger partial charge in [0, 0.05) is 13.1 Å². The van der Waals surface area contributed by atoms with Crippen LogP contribution in [0.25, 0.3) is 0 Å². The van der Waals surface area contributed by atoms with Gasteiger partial charge >= 0.3 is 42.2 Å². The standard InChI is InChI=1S/2C5H16O9Si2/c2*1-15(2)13-5(9,12-4(6,7)8)14-16(3,10)11/h2*6-11,15H,1-3H3. The first-order valence-electron chi connectivity index (χ1n) is 8.51. The van der Waals surface area contributed by atoms with E-state index >= 15 is 0 Å². The first-order valence-corrected chi connectivity index (χ1v) is 18.7. The summed E-state index contributed by atoms with van der Waals surface area (Å²) < 4.78 is 25.5. The van der Waals surface area contributed by atoms with Gasteiger partial charge in [-0.15, -0.1) is 0 Å². The van der Waals surface area contributed by atoms with Crippen molar-refractivity contribution in [2.24, 2.45) is 0 Å². The second kappa shape index (κ2) is 12.2. The highest BCUT2D eigenvalue weighted by molar-refractivity contribution is 6.56. The molecule has 22 heteroatoms. The van der Waals surface area contributed by atoms with Crippen LogP contribution in [0, 0.1) is 0 Å². The summed E-state index contributed by atoms with van der Waals surface area (Å²) in [7, 11) is -12.6. The summed E-state index contributed by atoms with van der Waals surface area (Å²) in [6.07, 6.45) is -13.7. The summed E-state index contributed by atoms with van der Waals surface area (Å²) in [5, 5.41) is 69.9. The van der Waals surface area contributed by atoms with Crippen molar-refractivity contribution in [1.29, 1.82) is 0 Å². The Balaban J connectivity index is 0. The molecule has 0 rings (SSSR count). The van der Waals surface area contributed by atoms with Gasteiger partial charge in [-0.2, -0.15) is 0 Å². The third kappa shape index (κ3) is 22.0. The van der Waals surface area contributed by atoms with Gasteiger partial charge in [0.2, 0.25) is 0 Å². The zero-order valence-electron chi connectivity index (χ0n) is 18.0. The molecule has 18 nitrogen and oxygen atoms in total. The maximum Gasteiger partial charge on any atom is 0.497 e. The van der Waals surface area contributed by atoms with Gasteiger partial charge in [0.15, 0.2) is 18.1 Å². The highest BCUT2D eigenvalue weighted by atomic mass is 28.4. The Morgan fingerprint density at radius 2 is 0.750 bits per heavy atom. The van der Waals surface area contributed by atoms with Crippen molar-refractivity contribution in [3.63, 3.8) is 0 Å². The topological polar surface area (TPSA) is 298 Å². The largest absolute Gasteiger partial charge is 0.497 e. The Hall–Kier alpha value is 0.148. The van der Waals surface area contributed by atoms with Gasteiger partial charge in [-0.1, -0.05) is 0 Å². The molecule has 32 heavy (non-hydrogen) atoms. The molecule has 0 aliphatic heterocycles. The molecule has 0 amide bonds. The average molecular weight is 553 g/mol. The second-order valence-electron chi connectivity index (χ2n) is 6.80. The molecule has 0 aromatic carbocycles. The maximum absolute atomic E-state index is 9.46. The van der Waals surface area contributed by atoms with Crippen molar-refractivity contribution >= 4 is 35.7 Å². The van der Waals surface area contributed by atoms with Gasteiger partial charge in [-0.25, -0.2) is 9.47 Å². The number of hydrogen-bond donors (Lipinski definition) is 12. The third-order valence-corrected chi connectivity index (χ3v) is 4.77. The van der Waals surface area contributed by atoms with Crippen molar-refractivity contribution in [2.75, 3.05) is 0 Å². The molecular weight excluding hydrogens is 520 g/mol. The van der Waals surface area contributed by atoms with Crippen LogP contribution >= 0.6 is 0 Å². The molecule has 2 unspecified atom stereocenters. The Labute approximate surface area is 187 Å². The monoisotopic (exact) mass is 552 g/mol. The van der Waals surface area contributed by atoms with Crippen LogP contribution in [0.1, 0.15) is 0 Å². The van der Waals surface area contributed by atoms with E-state index in [-0.39, 0.29) is 0 Å². The van der Waals surface area contributed by atoms with Crippen LogP contribution < -0.4 is 0 Å².